The van der Waals surface area contributed by atoms with E-state index >= 15 is 0 Å². The number of hydrogen-bond donors (Lipinski definition) is 0. The van der Waals surface area contributed by atoms with Crippen molar-refractivity contribution in [2.24, 2.45) is 0 Å². The summed E-state index contributed by atoms with van der Waals surface area (Å²) in [5, 5.41) is 0. The van der Waals surface area contributed by atoms with E-state index in [1.54, 1.807) is 0 Å². The molecule has 0 aromatic rings. The normalized spacial score (nSPS) is 14.5. The molecule has 0 saturated carbocycles. The first kappa shape index (κ1) is 17.6. The van der Waals surface area contributed by atoms with Gasteiger partial charge in [0.1, 0.15) is 0 Å². The van der Waals surface area contributed by atoms with Gasteiger partial charge in [0, 0.05) is 22.6 Å². The van der Waals surface area contributed by atoms with Crippen LogP contribution in [0.2, 0.25) is 0 Å². The Kier molecular flexibility index (Phi) is 5.21. The monoisotopic (exact) mass is 402 g/mol. The maximum absolute atomic E-state index is 12.5. The Balaban J connectivity index is 4.90. The van der Waals surface area contributed by atoms with Crippen LogP contribution in [0.4, 0.5) is 35.1 Å². The van der Waals surface area contributed by atoms with Crippen LogP contribution in [-0.2, 0) is 14.2 Å². The molecule has 0 atom stereocenters. The standard InChI is InChI=1S/C6H3F8IO3/c1-2-16-3(7,8)4(9,10)17-6(13,14)18-5(11,12)15/h2H,1H2. The summed E-state index contributed by atoms with van der Waals surface area (Å²) in [6.07, 6.45) is -17.3. The molecule has 0 unspecified atom stereocenters. The molecule has 0 bridgehead atoms. The zero-order chi connectivity index (χ0) is 14.8. The lowest BCUT2D eigenvalue weighted by Crippen LogP contribution is -2.49. The molecular formula is C6H3F8IO3. The summed E-state index contributed by atoms with van der Waals surface area (Å²) in [6.45, 7) is 2.48. The van der Waals surface area contributed by atoms with E-state index in [4.69, 9.17) is 0 Å². The Morgan fingerprint density at radius 1 is 0.833 bits per heavy atom. The first-order chi connectivity index (χ1) is 7.72. The van der Waals surface area contributed by atoms with Crippen molar-refractivity contribution in [1.29, 1.82) is 0 Å². The number of halogens is 9. The third kappa shape index (κ3) is 5.51. The Labute approximate surface area is 108 Å². The Morgan fingerprint density at radius 2 is 1.28 bits per heavy atom. The van der Waals surface area contributed by atoms with Crippen LogP contribution in [0.1, 0.15) is 0 Å². The summed E-state index contributed by atoms with van der Waals surface area (Å²) >= 11 is -0.00443. The first-order valence-corrected chi connectivity index (χ1v) is 4.69. The second kappa shape index (κ2) is 5.32. The number of alkyl halides is 9. The van der Waals surface area contributed by atoms with Gasteiger partial charge in [-0.25, -0.2) is 9.47 Å². The number of ether oxygens (including phenoxy) is 3. The highest BCUT2D eigenvalue weighted by Gasteiger charge is 2.66. The summed E-state index contributed by atoms with van der Waals surface area (Å²) in [4.78, 5) is 0. The predicted octanol–water partition coefficient (Wildman–Crippen LogP) is 3.90. The van der Waals surface area contributed by atoms with E-state index in [0.29, 0.717) is 0 Å². The lowest BCUT2D eigenvalue weighted by Gasteiger charge is -2.28. The molecule has 0 amide bonds. The molecule has 0 aliphatic heterocycles. The van der Waals surface area contributed by atoms with Crippen LogP contribution in [0.3, 0.4) is 0 Å². The van der Waals surface area contributed by atoms with E-state index in [1.165, 1.54) is 0 Å². The van der Waals surface area contributed by atoms with Gasteiger partial charge in [-0.05, 0) is 0 Å². The van der Waals surface area contributed by atoms with Gasteiger partial charge >= 0.3 is 22.6 Å². The largest absolute Gasteiger partial charge is 0.495 e. The fraction of sp³-hybridized carbons (Fsp3) is 0.667. The van der Waals surface area contributed by atoms with Crippen molar-refractivity contribution in [2.45, 2.75) is 22.6 Å². The average molecular weight is 402 g/mol. The van der Waals surface area contributed by atoms with Gasteiger partial charge in [0.05, 0.1) is 6.26 Å². The maximum atomic E-state index is 12.5. The van der Waals surface area contributed by atoms with Crippen LogP contribution in [-0.4, -0.2) is 22.6 Å². The van der Waals surface area contributed by atoms with E-state index in [1.807, 2.05) is 0 Å². The summed E-state index contributed by atoms with van der Waals surface area (Å²) in [7, 11) is 0. The minimum atomic E-state index is -5.94. The zero-order valence-corrected chi connectivity index (χ0v) is 10.1. The fourth-order valence-electron chi connectivity index (χ4n) is 0.537. The molecule has 0 saturated heterocycles. The van der Waals surface area contributed by atoms with E-state index in [0.717, 1.165) is 0 Å². The molecule has 0 aromatic carbocycles. The van der Waals surface area contributed by atoms with Crippen LogP contribution >= 0.6 is 22.6 Å². The van der Waals surface area contributed by atoms with E-state index in [2.05, 4.69) is 20.8 Å². The van der Waals surface area contributed by atoms with E-state index in [9.17, 15) is 35.1 Å². The predicted molar refractivity (Wildman–Crippen MR) is 47.3 cm³/mol. The third-order valence-electron chi connectivity index (χ3n) is 1.05. The number of rotatable bonds is 7. The zero-order valence-electron chi connectivity index (χ0n) is 7.91. The molecule has 3 nitrogen and oxygen atoms in total. The Bertz CT molecular complexity index is 302. The van der Waals surface area contributed by atoms with Gasteiger partial charge in [-0.3, -0.25) is 0 Å². The lowest BCUT2D eigenvalue weighted by atomic mass is 10.6. The smallest absolute Gasteiger partial charge is 0.435 e. The first-order valence-electron chi connectivity index (χ1n) is 3.62. The highest BCUT2D eigenvalue weighted by molar-refractivity contribution is 14.1. The Morgan fingerprint density at radius 3 is 1.61 bits per heavy atom. The number of hydrogen-bond acceptors (Lipinski definition) is 3. The average Bonchev–Trinajstić information content (AvgIpc) is 1.94. The van der Waals surface area contributed by atoms with Gasteiger partial charge < -0.3 is 4.74 Å². The molecule has 0 heterocycles. The van der Waals surface area contributed by atoms with Crippen molar-refractivity contribution < 1.29 is 49.3 Å². The van der Waals surface area contributed by atoms with Crippen molar-refractivity contribution in [1.82, 2.24) is 0 Å². The molecule has 0 rings (SSSR count). The van der Waals surface area contributed by atoms with E-state index < -0.39 is 22.6 Å². The van der Waals surface area contributed by atoms with Gasteiger partial charge in [0.15, 0.2) is 0 Å². The van der Waals surface area contributed by atoms with Crippen molar-refractivity contribution >= 4 is 22.6 Å². The van der Waals surface area contributed by atoms with Crippen LogP contribution in [0.25, 0.3) is 0 Å². The molecular weight excluding hydrogens is 399 g/mol. The molecule has 0 radical (unpaired) electrons. The maximum Gasteiger partial charge on any atom is 0.495 e. The minimum absolute atomic E-state index is 0.00443. The topological polar surface area (TPSA) is 27.7 Å². The summed E-state index contributed by atoms with van der Waals surface area (Å²) in [5.41, 5.74) is 0. The van der Waals surface area contributed by atoms with Crippen LogP contribution in [0.5, 0.6) is 0 Å². The Hall–Kier alpha value is -0.370. The van der Waals surface area contributed by atoms with Gasteiger partial charge in [0.2, 0.25) is 0 Å². The van der Waals surface area contributed by atoms with Crippen LogP contribution < -0.4 is 0 Å². The minimum Gasteiger partial charge on any atom is -0.435 e. The third-order valence-corrected chi connectivity index (χ3v) is 1.27. The molecule has 0 N–H and O–H groups in total. The van der Waals surface area contributed by atoms with Gasteiger partial charge in [0.25, 0.3) is 0 Å². The van der Waals surface area contributed by atoms with Crippen LogP contribution in [0, 0.1) is 0 Å². The lowest BCUT2D eigenvalue weighted by molar-refractivity contribution is -0.538. The van der Waals surface area contributed by atoms with Crippen LogP contribution in [0.15, 0.2) is 12.8 Å². The quantitative estimate of drug-likeness (QED) is 0.213. The molecule has 0 aliphatic rings. The fourth-order valence-corrected chi connectivity index (χ4v) is 0.794. The van der Waals surface area contributed by atoms with E-state index in [-0.39, 0.29) is 28.9 Å². The summed E-state index contributed by atoms with van der Waals surface area (Å²) in [5.74, 6) is 0. The molecule has 18 heavy (non-hydrogen) atoms. The van der Waals surface area contributed by atoms with Crippen molar-refractivity contribution in [2.75, 3.05) is 0 Å². The van der Waals surface area contributed by atoms with Crippen molar-refractivity contribution in [3.05, 3.63) is 12.8 Å². The van der Waals surface area contributed by atoms with Gasteiger partial charge in [-0.15, -0.1) is 8.78 Å². The second-order valence-electron chi connectivity index (χ2n) is 2.43. The summed E-state index contributed by atoms with van der Waals surface area (Å²) < 4.78 is 101. The van der Waals surface area contributed by atoms with Gasteiger partial charge in [-0.2, -0.15) is 26.3 Å². The SMILES string of the molecule is C=COC(F)(F)C(F)(F)OC(F)(F)OC(F)(F)I. The molecule has 108 valence electrons. The molecule has 0 spiro atoms. The molecule has 0 aromatic heterocycles. The van der Waals surface area contributed by atoms with Crippen molar-refractivity contribution in [3.63, 3.8) is 0 Å². The molecule has 0 fully saturated rings. The molecule has 12 heteroatoms. The van der Waals surface area contributed by atoms with Gasteiger partial charge in [-0.1, -0.05) is 6.58 Å². The molecule has 0 aliphatic carbocycles. The summed E-state index contributed by atoms with van der Waals surface area (Å²) in [6, 6.07) is 0. The van der Waals surface area contributed by atoms with Crippen molar-refractivity contribution in [3.8, 4) is 0 Å². The highest BCUT2D eigenvalue weighted by atomic mass is 127. The highest BCUT2D eigenvalue weighted by Crippen LogP contribution is 2.42. The second-order valence-corrected chi connectivity index (χ2v) is 3.69.